The second kappa shape index (κ2) is 10.8. The summed E-state index contributed by atoms with van der Waals surface area (Å²) in [5, 5.41) is 8.58. The van der Waals surface area contributed by atoms with Gasteiger partial charge in [-0.3, -0.25) is 0 Å². The van der Waals surface area contributed by atoms with E-state index >= 15 is 0 Å². The van der Waals surface area contributed by atoms with Gasteiger partial charge >= 0.3 is 0 Å². The highest BCUT2D eigenvalue weighted by molar-refractivity contribution is 4.82. The average molecular weight is 198 g/mol. The molecule has 0 fully saturated rings. The van der Waals surface area contributed by atoms with Gasteiger partial charge < -0.3 is 5.11 Å². The second-order valence-corrected chi connectivity index (χ2v) is 4.15. The lowest BCUT2D eigenvalue weighted by molar-refractivity contribution is 0.282. The quantitative estimate of drug-likeness (QED) is 0.440. The van der Waals surface area contributed by atoms with E-state index in [2.05, 4.69) is 26.0 Å². The topological polar surface area (TPSA) is 20.2 Å². The van der Waals surface area contributed by atoms with Crippen molar-refractivity contribution in [3.8, 4) is 0 Å². The van der Waals surface area contributed by atoms with E-state index in [1.54, 1.807) is 0 Å². The maximum atomic E-state index is 8.58. The third-order valence-corrected chi connectivity index (χ3v) is 2.68. The van der Waals surface area contributed by atoms with Crippen LogP contribution in [0.4, 0.5) is 0 Å². The SMILES string of the molecule is CCC(C)C/C=C\CCCCCCO. The Labute approximate surface area is 89.2 Å². The third kappa shape index (κ3) is 9.79. The molecule has 0 aliphatic carbocycles. The van der Waals surface area contributed by atoms with Crippen LogP contribution in [0.15, 0.2) is 12.2 Å². The lowest BCUT2D eigenvalue weighted by Crippen LogP contribution is -1.87. The Hall–Kier alpha value is -0.300. The molecule has 0 aliphatic heterocycles. The minimum atomic E-state index is 0.351. The first-order chi connectivity index (χ1) is 6.81. The van der Waals surface area contributed by atoms with Crippen LogP contribution in [0.3, 0.4) is 0 Å². The molecular weight excluding hydrogens is 172 g/mol. The van der Waals surface area contributed by atoms with Gasteiger partial charge in [-0.1, -0.05) is 45.3 Å². The molecule has 1 N–H and O–H groups in total. The van der Waals surface area contributed by atoms with Crippen molar-refractivity contribution in [2.24, 2.45) is 5.92 Å². The van der Waals surface area contributed by atoms with Crippen molar-refractivity contribution >= 4 is 0 Å². The Balaban J connectivity index is 3.10. The molecule has 0 aromatic heterocycles. The molecule has 1 heteroatoms. The summed E-state index contributed by atoms with van der Waals surface area (Å²) in [6.45, 7) is 4.89. The van der Waals surface area contributed by atoms with Crippen LogP contribution in [0.5, 0.6) is 0 Å². The van der Waals surface area contributed by atoms with Crippen LogP contribution in [0.1, 0.15) is 58.8 Å². The number of hydrogen-bond acceptors (Lipinski definition) is 1. The molecule has 0 spiro atoms. The molecule has 0 rings (SSSR count). The van der Waals surface area contributed by atoms with Crippen LogP contribution in [-0.4, -0.2) is 11.7 Å². The lowest BCUT2D eigenvalue weighted by atomic mass is 10.0. The predicted molar refractivity (Wildman–Crippen MR) is 63.4 cm³/mol. The van der Waals surface area contributed by atoms with Gasteiger partial charge in [0.15, 0.2) is 0 Å². The first-order valence-electron chi connectivity index (χ1n) is 6.07. The van der Waals surface area contributed by atoms with Crippen molar-refractivity contribution in [2.45, 2.75) is 58.8 Å². The molecule has 0 saturated carbocycles. The average Bonchev–Trinajstić information content (AvgIpc) is 2.21. The number of unbranched alkanes of at least 4 members (excludes halogenated alkanes) is 4. The lowest BCUT2D eigenvalue weighted by Gasteiger charge is -2.02. The summed E-state index contributed by atoms with van der Waals surface area (Å²) in [7, 11) is 0. The van der Waals surface area contributed by atoms with E-state index < -0.39 is 0 Å². The molecule has 84 valence electrons. The van der Waals surface area contributed by atoms with E-state index in [1.165, 1.54) is 38.5 Å². The van der Waals surface area contributed by atoms with Gasteiger partial charge in [-0.25, -0.2) is 0 Å². The smallest absolute Gasteiger partial charge is 0.0431 e. The number of hydrogen-bond donors (Lipinski definition) is 1. The maximum Gasteiger partial charge on any atom is 0.0431 e. The zero-order chi connectivity index (χ0) is 10.6. The van der Waals surface area contributed by atoms with Crippen LogP contribution in [0.2, 0.25) is 0 Å². The summed E-state index contributed by atoms with van der Waals surface area (Å²) in [5.41, 5.74) is 0. The highest BCUT2D eigenvalue weighted by Crippen LogP contribution is 2.08. The van der Waals surface area contributed by atoms with Crippen LogP contribution >= 0.6 is 0 Å². The third-order valence-electron chi connectivity index (χ3n) is 2.68. The predicted octanol–water partition coefficient (Wildman–Crippen LogP) is 3.92. The van der Waals surface area contributed by atoms with Gasteiger partial charge in [-0.15, -0.1) is 0 Å². The van der Waals surface area contributed by atoms with Crippen LogP contribution in [0.25, 0.3) is 0 Å². The van der Waals surface area contributed by atoms with E-state index in [1.807, 2.05) is 0 Å². The van der Waals surface area contributed by atoms with E-state index in [0.717, 1.165) is 12.3 Å². The first-order valence-corrected chi connectivity index (χ1v) is 6.07. The highest BCUT2D eigenvalue weighted by atomic mass is 16.2. The fourth-order valence-corrected chi connectivity index (χ4v) is 1.34. The molecule has 0 bridgehead atoms. The number of aliphatic hydroxyl groups excluding tert-OH is 1. The minimum Gasteiger partial charge on any atom is -0.396 e. The van der Waals surface area contributed by atoms with Crippen molar-refractivity contribution in [1.29, 1.82) is 0 Å². The van der Waals surface area contributed by atoms with Crippen LogP contribution in [-0.2, 0) is 0 Å². The van der Waals surface area contributed by atoms with Crippen molar-refractivity contribution < 1.29 is 5.11 Å². The van der Waals surface area contributed by atoms with Gasteiger partial charge in [0, 0.05) is 6.61 Å². The molecule has 0 saturated heterocycles. The summed E-state index contributed by atoms with van der Waals surface area (Å²) in [4.78, 5) is 0. The van der Waals surface area contributed by atoms with Gasteiger partial charge in [0.2, 0.25) is 0 Å². The molecule has 1 nitrogen and oxygen atoms in total. The fourth-order valence-electron chi connectivity index (χ4n) is 1.34. The monoisotopic (exact) mass is 198 g/mol. The van der Waals surface area contributed by atoms with Gasteiger partial charge in [-0.2, -0.15) is 0 Å². The zero-order valence-corrected chi connectivity index (χ0v) is 9.84. The van der Waals surface area contributed by atoms with E-state index in [-0.39, 0.29) is 0 Å². The zero-order valence-electron chi connectivity index (χ0n) is 9.84. The first kappa shape index (κ1) is 13.7. The Morgan fingerprint density at radius 2 is 1.79 bits per heavy atom. The molecule has 0 aromatic carbocycles. The van der Waals surface area contributed by atoms with Crippen LogP contribution < -0.4 is 0 Å². The molecule has 0 heterocycles. The van der Waals surface area contributed by atoms with E-state index in [0.29, 0.717) is 6.61 Å². The standard InChI is InChI=1S/C13H26O/c1-3-13(2)11-9-7-5-4-6-8-10-12-14/h7,9,13-14H,3-6,8,10-12H2,1-2H3/b9-7-. The Morgan fingerprint density at radius 1 is 1.07 bits per heavy atom. The maximum absolute atomic E-state index is 8.58. The van der Waals surface area contributed by atoms with Crippen molar-refractivity contribution in [3.63, 3.8) is 0 Å². The summed E-state index contributed by atoms with van der Waals surface area (Å²) < 4.78 is 0. The minimum absolute atomic E-state index is 0.351. The largest absolute Gasteiger partial charge is 0.396 e. The van der Waals surface area contributed by atoms with Gasteiger partial charge in [0.1, 0.15) is 0 Å². The molecule has 0 radical (unpaired) electrons. The van der Waals surface area contributed by atoms with Crippen molar-refractivity contribution in [2.75, 3.05) is 6.61 Å². The highest BCUT2D eigenvalue weighted by Gasteiger charge is 1.93. The van der Waals surface area contributed by atoms with Gasteiger partial charge in [-0.05, 0) is 31.6 Å². The molecule has 0 aromatic rings. The molecule has 0 aliphatic rings. The molecule has 1 atom stereocenters. The van der Waals surface area contributed by atoms with Crippen LogP contribution in [0, 0.1) is 5.92 Å². The van der Waals surface area contributed by atoms with Gasteiger partial charge in [0.25, 0.3) is 0 Å². The van der Waals surface area contributed by atoms with Gasteiger partial charge in [0.05, 0.1) is 0 Å². The summed E-state index contributed by atoms with van der Waals surface area (Å²) in [6.07, 6.45) is 13.0. The second-order valence-electron chi connectivity index (χ2n) is 4.15. The molecule has 0 amide bonds. The Kier molecular flexibility index (Phi) is 10.5. The number of allylic oxidation sites excluding steroid dienone is 2. The molecule has 14 heavy (non-hydrogen) atoms. The Bertz CT molecular complexity index is 129. The fraction of sp³-hybridized carbons (Fsp3) is 0.846. The van der Waals surface area contributed by atoms with E-state index in [4.69, 9.17) is 5.11 Å². The Morgan fingerprint density at radius 3 is 2.43 bits per heavy atom. The normalized spacial score (nSPS) is 13.6. The molecule has 1 unspecified atom stereocenters. The van der Waals surface area contributed by atoms with E-state index in [9.17, 15) is 0 Å². The molecular formula is C13H26O. The number of aliphatic hydroxyl groups is 1. The summed E-state index contributed by atoms with van der Waals surface area (Å²) in [5.74, 6) is 0.834. The summed E-state index contributed by atoms with van der Waals surface area (Å²) in [6, 6.07) is 0. The number of rotatable bonds is 9. The summed E-state index contributed by atoms with van der Waals surface area (Å²) >= 11 is 0. The van der Waals surface area contributed by atoms with Crippen molar-refractivity contribution in [1.82, 2.24) is 0 Å². The van der Waals surface area contributed by atoms with Crippen molar-refractivity contribution in [3.05, 3.63) is 12.2 Å².